The lowest BCUT2D eigenvalue weighted by molar-refractivity contribution is -0.206. The lowest BCUT2D eigenvalue weighted by Crippen LogP contribution is -2.43. The van der Waals surface area contributed by atoms with Crippen LogP contribution < -0.4 is 14.2 Å². The van der Waals surface area contributed by atoms with E-state index in [2.05, 4.69) is 9.72 Å². The van der Waals surface area contributed by atoms with E-state index < -0.39 is 29.5 Å². The van der Waals surface area contributed by atoms with E-state index in [-0.39, 0.29) is 35.1 Å². The van der Waals surface area contributed by atoms with E-state index in [1.165, 1.54) is 43.6 Å². The van der Waals surface area contributed by atoms with Crippen LogP contribution in [-0.2, 0) is 20.9 Å². The molecule has 37 heavy (non-hydrogen) atoms. The van der Waals surface area contributed by atoms with Gasteiger partial charge in [-0.2, -0.15) is 13.2 Å². The lowest BCUT2D eigenvalue weighted by atomic mass is 10.0. The van der Waals surface area contributed by atoms with Crippen molar-refractivity contribution in [1.29, 1.82) is 0 Å². The summed E-state index contributed by atoms with van der Waals surface area (Å²) in [7, 11) is 1.35. The molecule has 0 spiro atoms. The molecule has 0 saturated heterocycles. The Labute approximate surface area is 209 Å². The first-order valence-corrected chi connectivity index (χ1v) is 10.8. The normalized spacial score (nSPS) is 11.4. The number of aromatic nitrogens is 1. The molecule has 1 heterocycles. The smallest absolute Gasteiger partial charge is 0.491 e. The van der Waals surface area contributed by atoms with E-state index >= 15 is 0 Å². The number of ketones is 1. The van der Waals surface area contributed by atoms with Gasteiger partial charge in [-0.15, -0.1) is 0 Å². The molecule has 11 heteroatoms. The van der Waals surface area contributed by atoms with Crippen molar-refractivity contribution in [2.45, 2.75) is 32.2 Å². The van der Waals surface area contributed by atoms with Gasteiger partial charge in [0.15, 0.2) is 5.78 Å². The largest absolute Gasteiger partial charge is 0.497 e. The van der Waals surface area contributed by atoms with Gasteiger partial charge in [-0.25, -0.2) is 14.6 Å². The molecule has 194 valence electrons. The predicted octanol–water partition coefficient (Wildman–Crippen LogP) is 4.69. The zero-order chi connectivity index (χ0) is 27.2. The van der Waals surface area contributed by atoms with Gasteiger partial charge < -0.3 is 18.9 Å². The minimum absolute atomic E-state index is 0.0384. The number of ether oxygens (including phenoxy) is 4. The molecular formula is C26H22F3NO7. The summed E-state index contributed by atoms with van der Waals surface area (Å²) in [6.07, 6.45) is -4.08. The summed E-state index contributed by atoms with van der Waals surface area (Å²) in [5, 5.41) is 0. The Kier molecular flexibility index (Phi) is 8.16. The number of rotatable bonds is 9. The van der Waals surface area contributed by atoms with Crippen molar-refractivity contribution in [3.63, 3.8) is 0 Å². The van der Waals surface area contributed by atoms with Crippen molar-refractivity contribution in [2.24, 2.45) is 0 Å². The molecule has 0 saturated carbocycles. The van der Waals surface area contributed by atoms with Crippen LogP contribution in [0.25, 0.3) is 0 Å². The number of alkyl halides is 3. The molecule has 0 aliphatic carbocycles. The average Bonchev–Trinajstić information content (AvgIpc) is 2.87. The molecule has 8 nitrogen and oxygen atoms in total. The first-order valence-electron chi connectivity index (χ1n) is 10.8. The maximum atomic E-state index is 13.2. The van der Waals surface area contributed by atoms with Crippen molar-refractivity contribution >= 4 is 17.7 Å². The SMILES string of the molecule is COc1ccc(C(=O)c2ccc(OCc3ccccc3)nc2)c(OC(C)(C)C(=O)OC(=O)C(F)(F)F)c1. The van der Waals surface area contributed by atoms with E-state index in [1.54, 1.807) is 0 Å². The monoisotopic (exact) mass is 517 g/mol. The maximum absolute atomic E-state index is 13.2. The molecule has 1 aromatic heterocycles. The molecule has 0 unspecified atom stereocenters. The van der Waals surface area contributed by atoms with Gasteiger partial charge in [-0.3, -0.25) is 4.79 Å². The van der Waals surface area contributed by atoms with Crippen LogP contribution >= 0.6 is 0 Å². The Morgan fingerprint density at radius 3 is 2.22 bits per heavy atom. The predicted molar refractivity (Wildman–Crippen MR) is 123 cm³/mol. The molecule has 0 fully saturated rings. The molecule has 0 bridgehead atoms. The second kappa shape index (κ2) is 11.1. The van der Waals surface area contributed by atoms with Crippen LogP contribution in [0.4, 0.5) is 13.2 Å². The second-order valence-electron chi connectivity index (χ2n) is 8.14. The number of methoxy groups -OCH3 is 1. The third-order valence-corrected chi connectivity index (χ3v) is 4.94. The molecule has 0 radical (unpaired) electrons. The molecule has 0 atom stereocenters. The summed E-state index contributed by atoms with van der Waals surface area (Å²) in [6.45, 7) is 2.46. The van der Waals surface area contributed by atoms with Crippen molar-refractivity contribution in [1.82, 2.24) is 4.98 Å². The fraction of sp³-hybridized carbons (Fsp3) is 0.231. The Morgan fingerprint density at radius 1 is 0.919 bits per heavy atom. The van der Waals surface area contributed by atoms with Crippen LogP contribution in [0.15, 0.2) is 66.9 Å². The molecule has 3 rings (SSSR count). The third kappa shape index (κ3) is 7.06. The molecule has 3 aromatic rings. The standard InChI is InChI=1S/C26H22F3NO7/c1-25(2,23(32)36-24(33)26(27,28)29)37-20-13-18(34-3)10-11-19(20)22(31)17-9-12-21(30-14-17)35-15-16-7-5-4-6-8-16/h4-14H,15H2,1-3H3. The number of nitrogens with zero attached hydrogens (tertiary/aromatic N) is 1. The van der Waals surface area contributed by atoms with Crippen molar-refractivity contribution in [3.05, 3.63) is 83.6 Å². The molecule has 0 aliphatic heterocycles. The highest BCUT2D eigenvalue weighted by Crippen LogP contribution is 2.31. The molecule has 2 aromatic carbocycles. The fourth-order valence-corrected chi connectivity index (χ4v) is 2.97. The summed E-state index contributed by atoms with van der Waals surface area (Å²) in [6, 6.07) is 16.5. The highest BCUT2D eigenvalue weighted by atomic mass is 19.4. The third-order valence-electron chi connectivity index (χ3n) is 4.94. The number of carbonyl (C=O) groups is 3. The highest BCUT2D eigenvalue weighted by Gasteiger charge is 2.45. The van der Waals surface area contributed by atoms with Gasteiger partial charge >= 0.3 is 18.1 Å². The van der Waals surface area contributed by atoms with Crippen LogP contribution in [0, 0.1) is 0 Å². The lowest BCUT2D eigenvalue weighted by Gasteiger charge is -2.25. The summed E-state index contributed by atoms with van der Waals surface area (Å²) in [4.78, 5) is 40.6. The number of halogens is 3. The zero-order valence-corrected chi connectivity index (χ0v) is 20.0. The van der Waals surface area contributed by atoms with E-state index in [1.807, 2.05) is 30.3 Å². The van der Waals surface area contributed by atoms with Gasteiger partial charge in [-0.1, -0.05) is 30.3 Å². The maximum Gasteiger partial charge on any atom is 0.491 e. The first-order chi connectivity index (χ1) is 17.4. The molecule has 0 amide bonds. The summed E-state index contributed by atoms with van der Waals surface area (Å²) in [5.74, 6) is -4.51. The number of esters is 2. The molecule has 0 N–H and O–H groups in total. The fourth-order valence-electron chi connectivity index (χ4n) is 2.97. The Bertz CT molecular complexity index is 1270. The number of pyridine rings is 1. The van der Waals surface area contributed by atoms with Gasteiger partial charge in [0.1, 0.15) is 18.1 Å². The summed E-state index contributed by atoms with van der Waals surface area (Å²) in [5.41, 5.74) is -1.03. The van der Waals surface area contributed by atoms with Gasteiger partial charge in [0.2, 0.25) is 11.5 Å². The van der Waals surface area contributed by atoms with Crippen LogP contribution in [0.2, 0.25) is 0 Å². The van der Waals surface area contributed by atoms with Crippen molar-refractivity contribution in [2.75, 3.05) is 7.11 Å². The van der Waals surface area contributed by atoms with Crippen LogP contribution in [0.1, 0.15) is 35.3 Å². The van der Waals surface area contributed by atoms with Gasteiger partial charge in [0, 0.05) is 23.9 Å². The van der Waals surface area contributed by atoms with Gasteiger partial charge in [0.25, 0.3) is 0 Å². The number of benzene rings is 2. The van der Waals surface area contributed by atoms with E-state index in [4.69, 9.17) is 14.2 Å². The van der Waals surface area contributed by atoms with E-state index in [9.17, 15) is 27.6 Å². The minimum atomic E-state index is -5.37. The number of carbonyl (C=O) groups excluding carboxylic acids is 3. The molecule has 0 aliphatic rings. The minimum Gasteiger partial charge on any atom is -0.497 e. The van der Waals surface area contributed by atoms with Crippen LogP contribution in [0.5, 0.6) is 17.4 Å². The van der Waals surface area contributed by atoms with Crippen molar-refractivity contribution < 1.29 is 46.5 Å². The Balaban J connectivity index is 1.80. The Morgan fingerprint density at radius 2 is 1.62 bits per heavy atom. The van der Waals surface area contributed by atoms with Gasteiger partial charge in [-0.05, 0) is 37.6 Å². The zero-order valence-electron chi connectivity index (χ0n) is 20.0. The van der Waals surface area contributed by atoms with Crippen LogP contribution in [0.3, 0.4) is 0 Å². The topological polar surface area (TPSA) is 101 Å². The van der Waals surface area contributed by atoms with Gasteiger partial charge in [0.05, 0.1) is 12.7 Å². The summed E-state index contributed by atoms with van der Waals surface area (Å²) < 4.78 is 57.7. The Hall–Kier alpha value is -4.41. The van der Waals surface area contributed by atoms with Crippen LogP contribution in [-0.4, -0.2) is 41.6 Å². The van der Waals surface area contributed by atoms with E-state index in [0.29, 0.717) is 0 Å². The average molecular weight is 517 g/mol. The van der Waals surface area contributed by atoms with E-state index in [0.717, 1.165) is 19.4 Å². The molecular weight excluding hydrogens is 495 g/mol. The first kappa shape index (κ1) is 27.2. The number of hydrogen-bond donors (Lipinski definition) is 0. The summed E-state index contributed by atoms with van der Waals surface area (Å²) >= 11 is 0. The quantitative estimate of drug-likeness (QED) is 0.229. The second-order valence-corrected chi connectivity index (χ2v) is 8.14. The number of hydrogen-bond acceptors (Lipinski definition) is 8. The highest BCUT2D eigenvalue weighted by molar-refractivity contribution is 6.10. The van der Waals surface area contributed by atoms with Crippen molar-refractivity contribution in [3.8, 4) is 17.4 Å².